The minimum atomic E-state index is -0.542. The van der Waals surface area contributed by atoms with Crippen molar-refractivity contribution in [1.82, 2.24) is 5.32 Å². The Balaban J connectivity index is 1.79. The SMILES string of the molecule is CNC(=O)C(OC)c1ccccc1CC1CC1c1cc(C)ccc1C. The summed E-state index contributed by atoms with van der Waals surface area (Å²) in [6.07, 6.45) is 1.67. The van der Waals surface area contributed by atoms with Crippen LogP contribution in [0.4, 0.5) is 0 Å². The molecule has 0 heterocycles. The first-order chi connectivity index (χ1) is 12.0. The van der Waals surface area contributed by atoms with E-state index in [-0.39, 0.29) is 5.91 Å². The average molecular weight is 337 g/mol. The van der Waals surface area contributed by atoms with Crippen LogP contribution in [0.15, 0.2) is 42.5 Å². The highest BCUT2D eigenvalue weighted by molar-refractivity contribution is 5.82. The summed E-state index contributed by atoms with van der Waals surface area (Å²) in [7, 11) is 3.24. The van der Waals surface area contributed by atoms with Crippen LogP contribution >= 0.6 is 0 Å². The summed E-state index contributed by atoms with van der Waals surface area (Å²) in [5.41, 5.74) is 6.39. The van der Waals surface area contributed by atoms with E-state index in [1.807, 2.05) is 18.2 Å². The van der Waals surface area contributed by atoms with E-state index >= 15 is 0 Å². The summed E-state index contributed by atoms with van der Waals surface area (Å²) in [4.78, 5) is 12.1. The number of carbonyl (C=O) groups is 1. The molecule has 3 heteroatoms. The molecule has 3 nitrogen and oxygen atoms in total. The van der Waals surface area contributed by atoms with Crippen molar-refractivity contribution in [1.29, 1.82) is 0 Å². The predicted molar refractivity (Wildman–Crippen MR) is 101 cm³/mol. The Labute approximate surface area is 150 Å². The Morgan fingerprint density at radius 2 is 2.00 bits per heavy atom. The number of amides is 1. The van der Waals surface area contributed by atoms with Crippen LogP contribution in [0.5, 0.6) is 0 Å². The van der Waals surface area contributed by atoms with Crippen molar-refractivity contribution in [3.8, 4) is 0 Å². The fourth-order valence-corrected chi connectivity index (χ4v) is 3.78. The van der Waals surface area contributed by atoms with Gasteiger partial charge in [0.2, 0.25) is 0 Å². The number of aryl methyl sites for hydroxylation is 2. The second kappa shape index (κ2) is 7.40. The summed E-state index contributed by atoms with van der Waals surface area (Å²) < 4.78 is 5.47. The van der Waals surface area contributed by atoms with Gasteiger partial charge in [0.05, 0.1) is 0 Å². The van der Waals surface area contributed by atoms with Crippen molar-refractivity contribution in [2.24, 2.45) is 5.92 Å². The van der Waals surface area contributed by atoms with Gasteiger partial charge in [-0.15, -0.1) is 0 Å². The molecule has 1 fully saturated rings. The number of hydrogen-bond acceptors (Lipinski definition) is 2. The maximum Gasteiger partial charge on any atom is 0.253 e. The maximum atomic E-state index is 12.1. The molecule has 0 aromatic heterocycles. The van der Waals surface area contributed by atoms with E-state index < -0.39 is 6.10 Å². The minimum Gasteiger partial charge on any atom is -0.367 e. The Hall–Kier alpha value is -2.13. The van der Waals surface area contributed by atoms with Gasteiger partial charge in [-0.2, -0.15) is 0 Å². The lowest BCUT2D eigenvalue weighted by Crippen LogP contribution is -2.27. The van der Waals surface area contributed by atoms with Crippen LogP contribution in [-0.2, 0) is 16.0 Å². The monoisotopic (exact) mass is 337 g/mol. The van der Waals surface area contributed by atoms with Crippen molar-refractivity contribution >= 4 is 5.91 Å². The number of benzene rings is 2. The molecular formula is C22H27NO2. The molecule has 1 N–H and O–H groups in total. The van der Waals surface area contributed by atoms with Crippen LogP contribution in [0.25, 0.3) is 0 Å². The van der Waals surface area contributed by atoms with Gasteiger partial charge in [-0.1, -0.05) is 48.0 Å². The highest BCUT2D eigenvalue weighted by atomic mass is 16.5. The molecule has 1 aliphatic rings. The molecule has 1 saturated carbocycles. The molecule has 132 valence electrons. The third-order valence-electron chi connectivity index (χ3n) is 5.30. The fourth-order valence-electron chi connectivity index (χ4n) is 3.78. The number of methoxy groups -OCH3 is 1. The highest BCUT2D eigenvalue weighted by Gasteiger charge is 2.39. The standard InChI is InChI=1S/C22H27NO2/c1-14-9-10-15(2)19(11-14)20-13-17(20)12-16-7-5-6-8-18(16)21(25-4)22(24)23-3/h5-11,17,20-21H,12-13H2,1-4H3,(H,23,24). The van der Waals surface area contributed by atoms with Crippen LogP contribution < -0.4 is 5.32 Å². The zero-order valence-electron chi connectivity index (χ0n) is 15.5. The van der Waals surface area contributed by atoms with Gasteiger partial charge in [0, 0.05) is 14.2 Å². The Kier molecular flexibility index (Phi) is 5.24. The van der Waals surface area contributed by atoms with Crippen molar-refractivity contribution in [2.45, 2.75) is 38.7 Å². The number of nitrogens with one attached hydrogen (secondary N) is 1. The third-order valence-corrected chi connectivity index (χ3v) is 5.30. The zero-order valence-corrected chi connectivity index (χ0v) is 15.5. The molecule has 1 aliphatic carbocycles. The second-order valence-corrected chi connectivity index (χ2v) is 7.10. The molecule has 3 unspecified atom stereocenters. The molecule has 0 saturated heterocycles. The van der Waals surface area contributed by atoms with E-state index in [0.29, 0.717) is 11.8 Å². The van der Waals surface area contributed by atoms with E-state index in [9.17, 15) is 4.79 Å². The van der Waals surface area contributed by atoms with Crippen molar-refractivity contribution in [2.75, 3.05) is 14.2 Å². The molecule has 1 amide bonds. The molecule has 3 rings (SSSR count). The van der Waals surface area contributed by atoms with E-state index in [4.69, 9.17) is 4.74 Å². The summed E-state index contributed by atoms with van der Waals surface area (Å²) in [6.45, 7) is 4.35. The van der Waals surface area contributed by atoms with E-state index in [1.54, 1.807) is 14.2 Å². The van der Waals surface area contributed by atoms with Crippen LogP contribution in [-0.4, -0.2) is 20.1 Å². The van der Waals surface area contributed by atoms with E-state index in [2.05, 4.69) is 43.4 Å². The normalized spacial score (nSPS) is 20.2. The van der Waals surface area contributed by atoms with Crippen molar-refractivity contribution in [3.63, 3.8) is 0 Å². The van der Waals surface area contributed by atoms with Gasteiger partial charge >= 0.3 is 0 Å². The van der Waals surface area contributed by atoms with Gasteiger partial charge in [0.15, 0.2) is 6.10 Å². The first kappa shape index (κ1) is 17.7. The molecular weight excluding hydrogens is 310 g/mol. The number of rotatable bonds is 6. The number of likely N-dealkylation sites (N-methyl/N-ethyl adjacent to an activating group) is 1. The van der Waals surface area contributed by atoms with E-state index in [0.717, 1.165) is 12.0 Å². The number of carbonyl (C=O) groups excluding carboxylic acids is 1. The summed E-state index contributed by atoms with van der Waals surface area (Å²) in [6, 6.07) is 14.9. The summed E-state index contributed by atoms with van der Waals surface area (Å²) in [5, 5.41) is 2.70. The average Bonchev–Trinajstić information content (AvgIpc) is 3.37. The number of hydrogen-bond donors (Lipinski definition) is 1. The lowest BCUT2D eigenvalue weighted by molar-refractivity contribution is -0.130. The molecule has 0 spiro atoms. The predicted octanol–water partition coefficient (Wildman–Crippen LogP) is 4.08. The molecule has 0 radical (unpaired) electrons. The summed E-state index contributed by atoms with van der Waals surface area (Å²) >= 11 is 0. The van der Waals surface area contributed by atoms with E-state index in [1.165, 1.54) is 28.7 Å². The van der Waals surface area contributed by atoms with Gasteiger partial charge in [-0.25, -0.2) is 0 Å². The smallest absolute Gasteiger partial charge is 0.253 e. The van der Waals surface area contributed by atoms with Crippen LogP contribution in [0.3, 0.4) is 0 Å². The zero-order chi connectivity index (χ0) is 18.0. The van der Waals surface area contributed by atoms with Crippen LogP contribution in [0, 0.1) is 19.8 Å². The Morgan fingerprint density at radius 1 is 1.24 bits per heavy atom. The Bertz CT molecular complexity index is 768. The Morgan fingerprint density at radius 3 is 2.72 bits per heavy atom. The van der Waals surface area contributed by atoms with Gasteiger partial charge in [-0.05, 0) is 60.8 Å². The fraction of sp³-hybridized carbons (Fsp3) is 0.409. The van der Waals surface area contributed by atoms with Gasteiger partial charge in [0.1, 0.15) is 0 Å². The minimum absolute atomic E-state index is 0.100. The molecule has 0 aliphatic heterocycles. The van der Waals surface area contributed by atoms with Gasteiger partial charge in [0.25, 0.3) is 5.91 Å². The lowest BCUT2D eigenvalue weighted by Gasteiger charge is -2.18. The molecule has 2 aromatic rings. The maximum absolute atomic E-state index is 12.1. The van der Waals surface area contributed by atoms with Gasteiger partial charge in [-0.3, -0.25) is 4.79 Å². The molecule has 25 heavy (non-hydrogen) atoms. The topological polar surface area (TPSA) is 38.3 Å². The van der Waals surface area contributed by atoms with Crippen LogP contribution in [0.2, 0.25) is 0 Å². The third kappa shape index (κ3) is 3.77. The first-order valence-electron chi connectivity index (χ1n) is 8.94. The first-order valence-corrected chi connectivity index (χ1v) is 8.94. The molecule has 2 aromatic carbocycles. The molecule has 0 bridgehead atoms. The van der Waals surface area contributed by atoms with Crippen LogP contribution in [0.1, 0.15) is 46.3 Å². The van der Waals surface area contributed by atoms with Crippen molar-refractivity contribution < 1.29 is 9.53 Å². The molecule has 3 atom stereocenters. The second-order valence-electron chi connectivity index (χ2n) is 7.10. The highest BCUT2D eigenvalue weighted by Crippen LogP contribution is 2.50. The quantitative estimate of drug-likeness (QED) is 0.862. The van der Waals surface area contributed by atoms with Crippen molar-refractivity contribution in [3.05, 3.63) is 70.3 Å². The largest absolute Gasteiger partial charge is 0.367 e. The lowest BCUT2D eigenvalue weighted by atomic mass is 9.95. The van der Waals surface area contributed by atoms with Gasteiger partial charge < -0.3 is 10.1 Å². The number of ether oxygens (including phenoxy) is 1. The summed E-state index contributed by atoms with van der Waals surface area (Å²) in [5.74, 6) is 1.18.